The number of hydrogen-bond donors (Lipinski definition) is 0. The van der Waals surface area contributed by atoms with Crippen molar-refractivity contribution in [2.75, 3.05) is 14.2 Å². The van der Waals surface area contributed by atoms with Gasteiger partial charge in [-0.05, 0) is 0 Å². The third-order valence-corrected chi connectivity index (χ3v) is 16.2. The minimum absolute atomic E-state index is 0.349. The second-order valence-corrected chi connectivity index (χ2v) is 17.6. The molecule has 0 aliphatic rings. The zero-order chi connectivity index (χ0) is 25.8. The number of rotatable bonds is 7. The van der Waals surface area contributed by atoms with Gasteiger partial charge in [-0.3, -0.25) is 0 Å². The van der Waals surface area contributed by atoms with Gasteiger partial charge in [-0.25, -0.2) is 0 Å². The maximum absolute atomic E-state index is 12.7. The van der Waals surface area contributed by atoms with E-state index in [4.69, 9.17) is 9.47 Å². The number of carbonyl (C=O) groups is 2. The van der Waals surface area contributed by atoms with Crippen LogP contribution < -0.4 is 15.9 Å². The van der Waals surface area contributed by atoms with Crippen molar-refractivity contribution in [2.45, 2.75) is 13.1 Å². The van der Waals surface area contributed by atoms with Gasteiger partial charge in [0.25, 0.3) is 0 Å². The van der Waals surface area contributed by atoms with E-state index < -0.39 is 17.2 Å². The predicted octanol–water partition coefficient (Wildman–Crippen LogP) is 5.91. The number of carbonyl (C=O) groups excluding carboxylic acids is 2. The molecule has 4 nitrogen and oxygen atoms in total. The Kier molecular flexibility index (Phi) is 7.44. The summed E-state index contributed by atoms with van der Waals surface area (Å²) in [5, 5.41) is 0.0855. The topological polar surface area (TPSA) is 52.6 Å². The normalized spacial score (nSPS) is 12.3. The first-order valence-electron chi connectivity index (χ1n) is 11.5. The predicted molar refractivity (Wildman–Crippen MR) is 152 cm³/mol. The van der Waals surface area contributed by atoms with E-state index in [2.05, 4.69) is 51.9 Å². The van der Waals surface area contributed by atoms with E-state index in [-0.39, 0.29) is 0 Å². The van der Waals surface area contributed by atoms with Crippen molar-refractivity contribution in [1.82, 2.24) is 0 Å². The van der Waals surface area contributed by atoms with E-state index in [1.165, 1.54) is 14.2 Å². The number of hydrogen-bond acceptors (Lipinski definition) is 4. The molecule has 0 aliphatic carbocycles. The van der Waals surface area contributed by atoms with Crippen LogP contribution in [0.3, 0.4) is 0 Å². The molecule has 4 rings (SSSR count). The van der Waals surface area contributed by atoms with Crippen LogP contribution in [0, 0.1) is 6.92 Å². The molecule has 0 amide bonds. The maximum atomic E-state index is 12.7. The fourth-order valence-electron chi connectivity index (χ4n) is 4.79. The van der Waals surface area contributed by atoms with Gasteiger partial charge in [-0.15, -0.1) is 0 Å². The van der Waals surface area contributed by atoms with Crippen LogP contribution in [0.5, 0.6) is 0 Å². The van der Waals surface area contributed by atoms with Gasteiger partial charge in [0.15, 0.2) is 0 Å². The van der Waals surface area contributed by atoms with Gasteiger partial charge in [0.2, 0.25) is 0 Å². The van der Waals surface area contributed by atoms with Gasteiger partial charge < -0.3 is 0 Å². The molecule has 0 aromatic heterocycles. The molecule has 0 aliphatic heterocycles. The third-order valence-electron chi connectivity index (χ3n) is 6.64. The summed E-state index contributed by atoms with van der Waals surface area (Å²) < 4.78 is 10.1. The molecule has 0 saturated carbocycles. The Morgan fingerprint density at radius 1 is 0.667 bits per heavy atom. The van der Waals surface area contributed by atoms with Crippen molar-refractivity contribution in [2.24, 2.45) is 0 Å². The Morgan fingerprint density at radius 2 is 1.00 bits per heavy atom. The van der Waals surface area contributed by atoms with Crippen molar-refractivity contribution in [3.05, 3.63) is 125 Å². The SMILES string of the molecule is COC(=O)c1cc(CP(Br)(c2ccccc2)(c2ccccc2)c2ccccc2)cc(C(=O)OC)c1C. The molecular formula is C30H28BrO4P. The molecule has 0 bridgehead atoms. The summed E-state index contributed by atoms with van der Waals surface area (Å²) in [6.07, 6.45) is 0.526. The fourth-order valence-corrected chi connectivity index (χ4v) is 12.5. The molecule has 6 heteroatoms. The molecule has 0 radical (unpaired) electrons. The molecule has 4 aromatic rings. The van der Waals surface area contributed by atoms with E-state index in [0.717, 1.165) is 21.5 Å². The number of halogens is 1. The van der Waals surface area contributed by atoms with Crippen LogP contribution in [0.25, 0.3) is 0 Å². The molecule has 0 saturated heterocycles. The number of benzene rings is 4. The number of ether oxygens (including phenoxy) is 2. The van der Waals surface area contributed by atoms with Crippen LogP contribution in [0.2, 0.25) is 0 Å². The van der Waals surface area contributed by atoms with Gasteiger partial charge in [0.1, 0.15) is 0 Å². The quantitative estimate of drug-likeness (QED) is 0.207. The standard InChI is InChI=1S/C30H28BrO4P/c1-22-27(29(32)34-2)19-23(20-28(22)30(33)35-3)21-36(31,24-13-7-4-8-14-24,25-15-9-5-10-16-25)26-17-11-6-12-18-26/h4-20H,21H2,1-3H3. The van der Waals surface area contributed by atoms with E-state index in [1.807, 2.05) is 66.7 Å². The second-order valence-electron chi connectivity index (χ2n) is 8.65. The monoisotopic (exact) mass is 562 g/mol. The van der Waals surface area contributed by atoms with Gasteiger partial charge in [-0.2, -0.15) is 0 Å². The Bertz CT molecular complexity index is 1250. The van der Waals surface area contributed by atoms with Crippen LogP contribution >= 0.6 is 20.8 Å². The van der Waals surface area contributed by atoms with Crippen LogP contribution in [-0.4, -0.2) is 26.2 Å². The van der Waals surface area contributed by atoms with Crippen LogP contribution in [0.1, 0.15) is 31.8 Å². The summed E-state index contributed by atoms with van der Waals surface area (Å²) in [5.74, 6) is -0.984. The van der Waals surface area contributed by atoms with E-state index in [0.29, 0.717) is 22.9 Å². The van der Waals surface area contributed by atoms with Gasteiger partial charge in [-0.1, -0.05) is 0 Å². The Labute approximate surface area is 219 Å². The zero-order valence-electron chi connectivity index (χ0n) is 20.5. The van der Waals surface area contributed by atoms with E-state index >= 15 is 0 Å². The zero-order valence-corrected chi connectivity index (χ0v) is 23.0. The molecule has 0 atom stereocenters. The molecule has 0 N–H and O–H groups in total. The first-order chi connectivity index (χ1) is 17.3. The minimum atomic E-state index is -3.33. The molecule has 184 valence electrons. The van der Waals surface area contributed by atoms with Crippen molar-refractivity contribution < 1.29 is 19.1 Å². The Balaban J connectivity index is 2.09. The number of esters is 2. The average Bonchev–Trinajstić information content (AvgIpc) is 2.94. The van der Waals surface area contributed by atoms with Gasteiger partial charge in [0.05, 0.1) is 0 Å². The summed E-state index contributed by atoms with van der Waals surface area (Å²) in [7, 11) is 2.68. The molecule has 0 unspecified atom stereocenters. The van der Waals surface area contributed by atoms with Crippen molar-refractivity contribution in [3.8, 4) is 0 Å². The Hall–Kier alpha value is -3.27. The summed E-state index contributed by atoms with van der Waals surface area (Å²) in [5.41, 5.74) is 2.06. The fraction of sp³-hybridized carbons (Fsp3) is 0.133. The molecular weight excluding hydrogens is 535 g/mol. The molecule has 0 fully saturated rings. The summed E-state index contributed by atoms with van der Waals surface area (Å²) >= 11 is 4.43. The molecule has 0 heterocycles. The van der Waals surface area contributed by atoms with Crippen LogP contribution in [0.15, 0.2) is 103 Å². The van der Waals surface area contributed by atoms with Crippen LogP contribution in [-0.2, 0) is 15.6 Å². The summed E-state index contributed by atoms with van der Waals surface area (Å²) in [4.78, 5) is 25.5. The second kappa shape index (κ2) is 10.4. The first kappa shape index (κ1) is 25.8. The molecule has 36 heavy (non-hydrogen) atoms. The van der Waals surface area contributed by atoms with E-state index in [9.17, 15) is 9.59 Å². The Morgan fingerprint density at radius 3 is 1.31 bits per heavy atom. The first-order valence-corrected chi connectivity index (χ1v) is 16.0. The van der Waals surface area contributed by atoms with Crippen molar-refractivity contribution in [1.29, 1.82) is 0 Å². The summed E-state index contributed by atoms with van der Waals surface area (Å²) in [6, 6.07) is 34.8. The average molecular weight is 563 g/mol. The number of methoxy groups -OCH3 is 2. The van der Waals surface area contributed by atoms with Gasteiger partial charge >= 0.3 is 220 Å². The summed E-state index contributed by atoms with van der Waals surface area (Å²) in [6.45, 7) is 1.74. The van der Waals surface area contributed by atoms with Crippen molar-refractivity contribution in [3.63, 3.8) is 0 Å². The van der Waals surface area contributed by atoms with Crippen LogP contribution in [0.4, 0.5) is 0 Å². The van der Waals surface area contributed by atoms with Gasteiger partial charge in [0, 0.05) is 0 Å². The molecule has 0 spiro atoms. The third kappa shape index (κ3) is 4.38. The molecule has 4 aromatic carbocycles. The van der Waals surface area contributed by atoms with Crippen molar-refractivity contribution >= 4 is 48.6 Å². The van der Waals surface area contributed by atoms with E-state index in [1.54, 1.807) is 6.92 Å².